The molecule has 2 N–H and O–H groups in total. The van der Waals surface area contributed by atoms with Crippen molar-refractivity contribution in [2.75, 3.05) is 5.73 Å². The maximum Gasteiger partial charge on any atom is 0.353 e. The Balaban J connectivity index is 2.20. The Kier molecular flexibility index (Phi) is 3.95. The Hall–Kier alpha value is -2.92. The van der Waals surface area contributed by atoms with Crippen molar-refractivity contribution in [2.45, 2.75) is 0 Å². The third-order valence-electron chi connectivity index (χ3n) is 3.39. The molecular weight excluding hydrogens is 314 g/mol. The third-order valence-corrected chi connectivity index (χ3v) is 3.71. The highest BCUT2D eigenvalue weighted by atomic mass is 35.5. The maximum absolute atomic E-state index is 12.6. The lowest BCUT2D eigenvalue weighted by Gasteiger charge is -2.13. The molecule has 0 aliphatic carbocycles. The van der Waals surface area contributed by atoms with E-state index in [1.165, 1.54) is 6.20 Å². The molecule has 23 heavy (non-hydrogen) atoms. The van der Waals surface area contributed by atoms with Gasteiger partial charge in [0.15, 0.2) is 5.78 Å². The summed E-state index contributed by atoms with van der Waals surface area (Å²) in [5, 5.41) is 0.340. The fraction of sp³-hybridized carbons (Fsp3) is 0. The summed E-state index contributed by atoms with van der Waals surface area (Å²) >= 11 is 6.12. The molecule has 3 rings (SSSR count). The van der Waals surface area contributed by atoms with Crippen LogP contribution in [0.15, 0.2) is 65.6 Å². The zero-order chi connectivity index (χ0) is 16.4. The van der Waals surface area contributed by atoms with Gasteiger partial charge >= 0.3 is 5.69 Å². The van der Waals surface area contributed by atoms with Crippen LogP contribution in [0.2, 0.25) is 5.02 Å². The van der Waals surface area contributed by atoms with Crippen molar-refractivity contribution in [1.82, 2.24) is 9.55 Å². The molecule has 0 amide bonds. The van der Waals surface area contributed by atoms with Crippen molar-refractivity contribution in [3.8, 4) is 5.69 Å². The van der Waals surface area contributed by atoms with E-state index in [0.29, 0.717) is 16.3 Å². The first-order valence-corrected chi connectivity index (χ1v) is 7.19. The Morgan fingerprint density at radius 1 is 1.04 bits per heavy atom. The van der Waals surface area contributed by atoms with Gasteiger partial charge in [0.05, 0.1) is 16.3 Å². The summed E-state index contributed by atoms with van der Waals surface area (Å²) in [4.78, 5) is 28.4. The molecule has 0 aliphatic heterocycles. The number of para-hydroxylation sites is 1. The number of hydrogen-bond acceptors (Lipinski definition) is 4. The molecular formula is C17H12ClN3O2. The lowest BCUT2D eigenvalue weighted by Crippen LogP contribution is -2.26. The first kappa shape index (κ1) is 15.0. The first-order chi connectivity index (χ1) is 11.1. The minimum absolute atomic E-state index is 0.00644. The van der Waals surface area contributed by atoms with Gasteiger partial charge < -0.3 is 5.73 Å². The van der Waals surface area contributed by atoms with Crippen LogP contribution < -0.4 is 11.4 Å². The second-order valence-corrected chi connectivity index (χ2v) is 5.23. The summed E-state index contributed by atoms with van der Waals surface area (Å²) in [5.74, 6) is -0.302. The predicted octanol–water partition coefficient (Wildman–Crippen LogP) is 2.70. The van der Waals surface area contributed by atoms with Gasteiger partial charge in [0.1, 0.15) is 5.82 Å². The Bertz CT molecular complexity index is 936. The van der Waals surface area contributed by atoms with E-state index < -0.39 is 5.69 Å². The van der Waals surface area contributed by atoms with Crippen molar-refractivity contribution < 1.29 is 4.79 Å². The van der Waals surface area contributed by atoms with E-state index in [1.807, 2.05) is 6.07 Å². The zero-order valence-electron chi connectivity index (χ0n) is 11.9. The van der Waals surface area contributed by atoms with Crippen LogP contribution in [0.3, 0.4) is 0 Å². The SMILES string of the molecule is Nc1c(C(=O)c2ccccc2)cnc(=O)n1-c1ccccc1Cl. The van der Waals surface area contributed by atoms with Crippen LogP contribution in [0.5, 0.6) is 0 Å². The topological polar surface area (TPSA) is 78.0 Å². The van der Waals surface area contributed by atoms with Crippen molar-refractivity contribution in [3.05, 3.63) is 87.4 Å². The second kappa shape index (κ2) is 6.06. The highest BCUT2D eigenvalue weighted by Gasteiger charge is 2.18. The average molecular weight is 326 g/mol. The van der Waals surface area contributed by atoms with Crippen LogP contribution >= 0.6 is 11.6 Å². The van der Waals surface area contributed by atoms with Gasteiger partial charge in [-0.2, -0.15) is 0 Å². The van der Waals surface area contributed by atoms with Crippen molar-refractivity contribution >= 4 is 23.2 Å². The summed E-state index contributed by atoms with van der Waals surface area (Å²) in [6.07, 6.45) is 1.19. The molecule has 0 atom stereocenters. The van der Waals surface area contributed by atoms with Crippen LogP contribution in [0.1, 0.15) is 15.9 Å². The van der Waals surface area contributed by atoms with Gasteiger partial charge in [0, 0.05) is 11.8 Å². The Morgan fingerprint density at radius 2 is 1.70 bits per heavy atom. The van der Waals surface area contributed by atoms with Crippen LogP contribution in [0.25, 0.3) is 5.69 Å². The zero-order valence-corrected chi connectivity index (χ0v) is 12.7. The normalized spacial score (nSPS) is 10.5. The lowest BCUT2D eigenvalue weighted by molar-refractivity contribution is 0.103. The molecule has 0 bridgehead atoms. The molecule has 0 fully saturated rings. The number of carbonyl (C=O) groups is 1. The van der Waals surface area contributed by atoms with E-state index in [2.05, 4.69) is 4.98 Å². The van der Waals surface area contributed by atoms with E-state index in [4.69, 9.17) is 17.3 Å². The number of carbonyl (C=O) groups excluding carboxylic acids is 1. The van der Waals surface area contributed by atoms with Gasteiger partial charge in [-0.25, -0.2) is 14.3 Å². The molecule has 0 aliphatic rings. The molecule has 1 aromatic heterocycles. The minimum Gasteiger partial charge on any atom is -0.384 e. The van der Waals surface area contributed by atoms with E-state index >= 15 is 0 Å². The number of rotatable bonds is 3. The number of hydrogen-bond donors (Lipinski definition) is 1. The van der Waals surface area contributed by atoms with E-state index in [-0.39, 0.29) is 17.2 Å². The molecule has 6 heteroatoms. The van der Waals surface area contributed by atoms with Crippen LogP contribution in [0, 0.1) is 0 Å². The van der Waals surface area contributed by atoms with E-state index in [0.717, 1.165) is 4.57 Å². The summed E-state index contributed by atoms with van der Waals surface area (Å²) in [5.41, 5.74) is 6.46. The molecule has 0 saturated heterocycles. The highest BCUT2D eigenvalue weighted by molar-refractivity contribution is 6.32. The van der Waals surface area contributed by atoms with Gasteiger partial charge in [0.2, 0.25) is 0 Å². The summed E-state index contributed by atoms with van der Waals surface area (Å²) in [6, 6.07) is 15.4. The molecule has 0 spiro atoms. The highest BCUT2D eigenvalue weighted by Crippen LogP contribution is 2.23. The van der Waals surface area contributed by atoms with Crippen molar-refractivity contribution in [1.29, 1.82) is 0 Å². The molecule has 3 aromatic rings. The van der Waals surface area contributed by atoms with Crippen LogP contribution in [-0.2, 0) is 0 Å². The number of halogens is 1. The number of benzene rings is 2. The van der Waals surface area contributed by atoms with Gasteiger partial charge in [-0.3, -0.25) is 4.79 Å². The molecule has 0 unspecified atom stereocenters. The quantitative estimate of drug-likeness (QED) is 0.751. The smallest absolute Gasteiger partial charge is 0.353 e. The molecule has 0 radical (unpaired) electrons. The predicted molar refractivity (Wildman–Crippen MR) is 89.1 cm³/mol. The molecule has 2 aromatic carbocycles. The third kappa shape index (κ3) is 2.74. The fourth-order valence-electron chi connectivity index (χ4n) is 2.25. The molecule has 0 saturated carbocycles. The minimum atomic E-state index is -0.597. The monoisotopic (exact) mass is 325 g/mol. The average Bonchev–Trinajstić information content (AvgIpc) is 2.57. The first-order valence-electron chi connectivity index (χ1n) is 6.82. The van der Waals surface area contributed by atoms with E-state index in [1.54, 1.807) is 48.5 Å². The Morgan fingerprint density at radius 3 is 2.39 bits per heavy atom. The van der Waals surface area contributed by atoms with E-state index in [9.17, 15) is 9.59 Å². The number of nitrogens with zero attached hydrogens (tertiary/aromatic N) is 2. The van der Waals surface area contributed by atoms with Gasteiger partial charge in [0.25, 0.3) is 0 Å². The summed E-state index contributed by atoms with van der Waals surface area (Å²) in [7, 11) is 0. The maximum atomic E-state index is 12.6. The summed E-state index contributed by atoms with van der Waals surface area (Å²) in [6.45, 7) is 0. The molecule has 5 nitrogen and oxygen atoms in total. The second-order valence-electron chi connectivity index (χ2n) is 4.82. The largest absolute Gasteiger partial charge is 0.384 e. The number of nitrogens with two attached hydrogens (primary N) is 1. The molecule has 1 heterocycles. The lowest BCUT2D eigenvalue weighted by atomic mass is 10.1. The molecule has 114 valence electrons. The van der Waals surface area contributed by atoms with Gasteiger partial charge in [-0.15, -0.1) is 0 Å². The van der Waals surface area contributed by atoms with Gasteiger partial charge in [-0.05, 0) is 12.1 Å². The van der Waals surface area contributed by atoms with Gasteiger partial charge in [-0.1, -0.05) is 54.1 Å². The Labute approximate surface area is 137 Å². The van der Waals surface area contributed by atoms with Crippen LogP contribution in [-0.4, -0.2) is 15.3 Å². The van der Waals surface area contributed by atoms with Crippen molar-refractivity contribution in [3.63, 3.8) is 0 Å². The number of anilines is 1. The van der Waals surface area contributed by atoms with Crippen LogP contribution in [0.4, 0.5) is 5.82 Å². The fourth-order valence-corrected chi connectivity index (χ4v) is 2.47. The standard InChI is InChI=1S/C17H12ClN3O2/c18-13-8-4-5-9-14(13)21-16(19)12(10-20-17(21)23)15(22)11-6-2-1-3-7-11/h1-10H,19H2. The number of aromatic nitrogens is 2. The summed E-state index contributed by atoms with van der Waals surface area (Å²) < 4.78 is 1.14. The number of nitrogen functional groups attached to an aromatic ring is 1. The van der Waals surface area contributed by atoms with Crippen molar-refractivity contribution in [2.24, 2.45) is 0 Å². The number of ketones is 1.